The quantitative estimate of drug-likeness (QED) is 0.248. The average molecular weight is 593 g/mol. The Morgan fingerprint density at radius 3 is 2.49 bits per heavy atom. The first-order valence-corrected chi connectivity index (χ1v) is 13.0. The Morgan fingerprint density at radius 2 is 1.77 bits per heavy atom. The Bertz CT molecular complexity index is 1300. The van der Waals surface area contributed by atoms with Gasteiger partial charge in [-0.05, 0) is 87.7 Å². The molecule has 0 unspecified atom stereocenters. The summed E-state index contributed by atoms with van der Waals surface area (Å²) in [6, 6.07) is 18.2. The van der Waals surface area contributed by atoms with Crippen LogP contribution in [0.2, 0.25) is 10.0 Å². The van der Waals surface area contributed by atoms with E-state index in [0.717, 1.165) is 17.3 Å². The lowest BCUT2D eigenvalue weighted by atomic mass is 10.1. The number of carbonyl (C=O) groups excluding carboxylic acids is 2. The highest BCUT2D eigenvalue weighted by Crippen LogP contribution is 2.40. The van der Waals surface area contributed by atoms with Crippen molar-refractivity contribution in [3.05, 3.63) is 96.8 Å². The highest BCUT2D eigenvalue weighted by Gasteiger charge is 2.35. The molecule has 1 heterocycles. The molecule has 0 radical (unpaired) electrons. The molecule has 0 aromatic heterocycles. The van der Waals surface area contributed by atoms with Crippen molar-refractivity contribution in [3.63, 3.8) is 0 Å². The van der Waals surface area contributed by atoms with Crippen LogP contribution in [0.15, 0.2) is 70.0 Å². The third-order valence-electron chi connectivity index (χ3n) is 5.09. The van der Waals surface area contributed by atoms with Crippen LogP contribution in [0.3, 0.4) is 0 Å². The van der Waals surface area contributed by atoms with Crippen molar-refractivity contribution in [3.8, 4) is 11.5 Å². The van der Waals surface area contributed by atoms with Crippen molar-refractivity contribution < 1.29 is 19.1 Å². The molecule has 35 heavy (non-hydrogen) atoms. The van der Waals surface area contributed by atoms with Gasteiger partial charge in [0.2, 0.25) is 0 Å². The van der Waals surface area contributed by atoms with Gasteiger partial charge in [-0.2, -0.15) is 0 Å². The molecule has 1 aliphatic heterocycles. The molecule has 0 saturated carbocycles. The molecule has 5 nitrogen and oxygen atoms in total. The van der Waals surface area contributed by atoms with Crippen LogP contribution in [0.25, 0.3) is 6.08 Å². The van der Waals surface area contributed by atoms with Gasteiger partial charge in [-0.1, -0.05) is 53.5 Å². The number of halogens is 3. The van der Waals surface area contributed by atoms with E-state index >= 15 is 0 Å². The molecular weight excluding hydrogens is 573 g/mol. The molecule has 4 rings (SSSR count). The van der Waals surface area contributed by atoms with E-state index in [2.05, 4.69) is 15.9 Å². The molecule has 1 fully saturated rings. The van der Waals surface area contributed by atoms with E-state index in [9.17, 15) is 9.59 Å². The van der Waals surface area contributed by atoms with Crippen molar-refractivity contribution in [1.29, 1.82) is 0 Å². The summed E-state index contributed by atoms with van der Waals surface area (Å²) in [4.78, 5) is 27.1. The van der Waals surface area contributed by atoms with Gasteiger partial charge in [0.15, 0.2) is 11.5 Å². The van der Waals surface area contributed by atoms with E-state index in [0.29, 0.717) is 55.3 Å². The number of carbonyl (C=O) groups is 2. The summed E-state index contributed by atoms with van der Waals surface area (Å²) in [5.74, 6) is 0.709. The summed E-state index contributed by atoms with van der Waals surface area (Å²) in [5.41, 5.74) is 2.36. The number of benzene rings is 3. The number of hydrogen-bond donors (Lipinski definition) is 0. The number of ether oxygens (including phenoxy) is 2. The first-order chi connectivity index (χ1) is 16.9. The number of nitrogens with zero attached hydrogens (tertiary/aromatic N) is 1. The first-order valence-electron chi connectivity index (χ1n) is 10.7. The SMILES string of the molecule is CCOc1cc(/C=C2/SC(=O)N(Cc3ccccc3Cl)C2=O)cc(Br)c1OCc1ccc(Cl)cc1. The van der Waals surface area contributed by atoms with Crippen molar-refractivity contribution in [1.82, 2.24) is 4.90 Å². The lowest BCUT2D eigenvalue weighted by Gasteiger charge is -2.15. The molecule has 0 atom stereocenters. The molecule has 3 aromatic carbocycles. The second-order valence-electron chi connectivity index (χ2n) is 7.54. The van der Waals surface area contributed by atoms with Crippen LogP contribution in [0.5, 0.6) is 11.5 Å². The van der Waals surface area contributed by atoms with Crippen LogP contribution in [0.4, 0.5) is 4.79 Å². The minimum atomic E-state index is -0.364. The fourth-order valence-electron chi connectivity index (χ4n) is 3.40. The van der Waals surface area contributed by atoms with Crippen LogP contribution in [0.1, 0.15) is 23.6 Å². The van der Waals surface area contributed by atoms with E-state index in [1.807, 2.05) is 31.2 Å². The van der Waals surface area contributed by atoms with Gasteiger partial charge in [-0.25, -0.2) is 0 Å². The number of rotatable bonds is 8. The molecule has 1 saturated heterocycles. The lowest BCUT2D eigenvalue weighted by molar-refractivity contribution is -0.123. The minimum absolute atomic E-state index is 0.118. The Labute approximate surface area is 226 Å². The van der Waals surface area contributed by atoms with Crippen LogP contribution in [-0.4, -0.2) is 22.7 Å². The van der Waals surface area contributed by atoms with E-state index in [1.54, 1.807) is 42.5 Å². The zero-order valence-corrected chi connectivity index (χ0v) is 22.5. The van der Waals surface area contributed by atoms with Crippen LogP contribution in [0, 0.1) is 0 Å². The Morgan fingerprint density at radius 1 is 1.03 bits per heavy atom. The minimum Gasteiger partial charge on any atom is -0.490 e. The highest BCUT2D eigenvalue weighted by atomic mass is 79.9. The van der Waals surface area contributed by atoms with Crippen LogP contribution in [-0.2, 0) is 17.9 Å². The maximum absolute atomic E-state index is 13.0. The maximum Gasteiger partial charge on any atom is 0.293 e. The smallest absolute Gasteiger partial charge is 0.293 e. The highest BCUT2D eigenvalue weighted by molar-refractivity contribution is 9.10. The van der Waals surface area contributed by atoms with E-state index in [-0.39, 0.29) is 17.7 Å². The van der Waals surface area contributed by atoms with Gasteiger partial charge >= 0.3 is 0 Å². The summed E-state index contributed by atoms with van der Waals surface area (Å²) in [6.07, 6.45) is 1.67. The molecule has 180 valence electrons. The molecule has 0 N–H and O–H groups in total. The van der Waals surface area contributed by atoms with Gasteiger partial charge in [0.25, 0.3) is 11.1 Å². The third-order valence-corrected chi connectivity index (χ3v) is 7.20. The predicted molar refractivity (Wildman–Crippen MR) is 144 cm³/mol. The molecular formula is C26H20BrCl2NO4S. The molecule has 1 aliphatic rings. The summed E-state index contributed by atoms with van der Waals surface area (Å²) >= 11 is 16.6. The standard InChI is InChI=1S/C26H20BrCl2NO4S/c1-2-33-22-12-17(11-20(27)24(22)34-15-16-7-9-19(28)10-8-16)13-23-25(31)30(26(32)35-23)14-18-5-3-4-6-21(18)29/h3-13H,2,14-15H2,1H3/b23-13+. The molecule has 9 heteroatoms. The predicted octanol–water partition coefficient (Wildman–Crippen LogP) is 7.97. The van der Waals surface area contributed by atoms with Crippen molar-refractivity contribution >= 4 is 68.1 Å². The van der Waals surface area contributed by atoms with E-state index < -0.39 is 0 Å². The zero-order chi connectivity index (χ0) is 24.9. The van der Waals surface area contributed by atoms with Gasteiger partial charge in [0.1, 0.15) is 6.61 Å². The van der Waals surface area contributed by atoms with E-state index in [4.69, 9.17) is 32.7 Å². The molecule has 0 aliphatic carbocycles. The Hall–Kier alpha value is -2.45. The van der Waals surface area contributed by atoms with Gasteiger partial charge in [0, 0.05) is 10.0 Å². The summed E-state index contributed by atoms with van der Waals surface area (Å²) in [5, 5.41) is 0.828. The number of amides is 2. The number of imide groups is 1. The van der Waals surface area contributed by atoms with Gasteiger partial charge in [-0.15, -0.1) is 0 Å². The second-order valence-corrected chi connectivity index (χ2v) is 10.2. The lowest BCUT2D eigenvalue weighted by Crippen LogP contribution is -2.27. The average Bonchev–Trinajstić information content (AvgIpc) is 3.08. The summed E-state index contributed by atoms with van der Waals surface area (Å²) < 4.78 is 12.5. The van der Waals surface area contributed by atoms with Crippen LogP contribution < -0.4 is 9.47 Å². The van der Waals surface area contributed by atoms with Gasteiger partial charge in [0.05, 0.1) is 22.5 Å². The molecule has 0 spiro atoms. The fourth-order valence-corrected chi connectivity index (χ4v) is 5.13. The summed E-state index contributed by atoms with van der Waals surface area (Å²) in [7, 11) is 0. The molecule has 0 bridgehead atoms. The number of thioether (sulfide) groups is 1. The fraction of sp³-hybridized carbons (Fsp3) is 0.154. The molecule has 3 aromatic rings. The van der Waals surface area contributed by atoms with Crippen molar-refractivity contribution in [2.24, 2.45) is 0 Å². The Kier molecular flexibility index (Phi) is 8.44. The van der Waals surface area contributed by atoms with Gasteiger partial charge in [-0.3, -0.25) is 14.5 Å². The van der Waals surface area contributed by atoms with Gasteiger partial charge < -0.3 is 9.47 Å². The summed E-state index contributed by atoms with van der Waals surface area (Å²) in [6.45, 7) is 2.76. The van der Waals surface area contributed by atoms with Crippen LogP contribution >= 0.6 is 50.9 Å². The van der Waals surface area contributed by atoms with E-state index in [1.165, 1.54) is 4.90 Å². The monoisotopic (exact) mass is 591 g/mol. The maximum atomic E-state index is 13.0. The second kappa shape index (κ2) is 11.5. The number of hydrogen-bond acceptors (Lipinski definition) is 5. The zero-order valence-electron chi connectivity index (χ0n) is 18.6. The molecule has 2 amide bonds. The Balaban J connectivity index is 1.55. The normalized spacial score (nSPS) is 14.6. The third kappa shape index (κ3) is 6.22. The first kappa shape index (κ1) is 25.6. The van der Waals surface area contributed by atoms with Crippen molar-refractivity contribution in [2.45, 2.75) is 20.1 Å². The topological polar surface area (TPSA) is 55.8 Å². The van der Waals surface area contributed by atoms with Crippen molar-refractivity contribution in [2.75, 3.05) is 6.61 Å². The largest absolute Gasteiger partial charge is 0.490 e.